The lowest BCUT2D eigenvalue weighted by atomic mass is 10.1. The molecule has 0 atom stereocenters. The highest BCUT2D eigenvalue weighted by molar-refractivity contribution is 6.23. The number of para-hydroxylation sites is 2. The zero-order chi connectivity index (χ0) is 22.0. The highest BCUT2D eigenvalue weighted by Gasteiger charge is 2.36. The van der Waals surface area contributed by atoms with Gasteiger partial charge in [-0.2, -0.15) is 0 Å². The summed E-state index contributed by atoms with van der Waals surface area (Å²) in [6.45, 7) is -0.441. The molecule has 0 bridgehead atoms. The maximum Gasteiger partial charge on any atom is 0.262 e. The predicted molar refractivity (Wildman–Crippen MR) is 116 cm³/mol. The minimum atomic E-state index is -0.572. The van der Waals surface area contributed by atoms with Crippen molar-refractivity contribution in [3.63, 3.8) is 0 Å². The summed E-state index contributed by atoms with van der Waals surface area (Å²) in [6.07, 6.45) is 0. The topological polar surface area (TPSA) is 86.8 Å². The third-order valence-electron chi connectivity index (χ3n) is 5.06. The Bertz CT molecular complexity index is 1160. The Labute approximate surface area is 178 Å². The van der Waals surface area contributed by atoms with Crippen LogP contribution in [0.1, 0.15) is 31.1 Å². The lowest BCUT2D eigenvalue weighted by Gasteiger charge is -2.20. The monoisotopic (exact) mass is 413 g/mol. The van der Waals surface area contributed by atoms with Crippen LogP contribution in [-0.2, 0) is 4.79 Å². The van der Waals surface area contributed by atoms with Crippen LogP contribution in [0.15, 0.2) is 78.9 Å². The lowest BCUT2D eigenvalue weighted by Crippen LogP contribution is -2.37. The van der Waals surface area contributed by atoms with E-state index in [4.69, 9.17) is 0 Å². The van der Waals surface area contributed by atoms with E-state index in [0.29, 0.717) is 16.9 Å². The van der Waals surface area contributed by atoms with Gasteiger partial charge in [0.1, 0.15) is 6.54 Å². The Morgan fingerprint density at radius 3 is 2.00 bits per heavy atom. The molecule has 4 amide bonds. The number of imide groups is 1. The van der Waals surface area contributed by atoms with Crippen LogP contribution in [0, 0.1) is 0 Å². The molecule has 3 aromatic rings. The number of nitrogens with one attached hydrogen (secondary N) is 1. The molecule has 31 heavy (non-hydrogen) atoms. The fraction of sp³-hybridized carbons (Fsp3) is 0.0833. The van der Waals surface area contributed by atoms with E-state index in [0.717, 1.165) is 4.90 Å². The van der Waals surface area contributed by atoms with E-state index in [-0.39, 0.29) is 17.0 Å². The van der Waals surface area contributed by atoms with Crippen LogP contribution in [0.3, 0.4) is 0 Å². The van der Waals surface area contributed by atoms with Gasteiger partial charge in [0.2, 0.25) is 5.91 Å². The van der Waals surface area contributed by atoms with Gasteiger partial charge in [0.25, 0.3) is 17.7 Å². The molecule has 0 spiro atoms. The SMILES string of the molecule is CN(C(=O)c1ccccc1NC(=O)CN1C(=O)c2ccccc2C1=O)c1ccccc1. The second-order valence-corrected chi connectivity index (χ2v) is 7.04. The molecule has 7 heteroatoms. The number of nitrogens with zero attached hydrogens (tertiary/aromatic N) is 2. The van der Waals surface area contributed by atoms with E-state index in [1.165, 1.54) is 4.90 Å². The number of carbonyl (C=O) groups is 4. The fourth-order valence-corrected chi connectivity index (χ4v) is 3.44. The largest absolute Gasteiger partial charge is 0.324 e. The van der Waals surface area contributed by atoms with Crippen molar-refractivity contribution in [2.75, 3.05) is 23.8 Å². The van der Waals surface area contributed by atoms with Gasteiger partial charge >= 0.3 is 0 Å². The number of benzene rings is 3. The quantitative estimate of drug-likeness (QED) is 0.651. The highest BCUT2D eigenvalue weighted by atomic mass is 16.2. The lowest BCUT2D eigenvalue weighted by molar-refractivity contribution is -0.116. The maximum atomic E-state index is 13.0. The molecular weight excluding hydrogens is 394 g/mol. The number of rotatable bonds is 5. The van der Waals surface area contributed by atoms with Crippen molar-refractivity contribution in [3.05, 3.63) is 95.6 Å². The molecule has 0 saturated carbocycles. The third kappa shape index (κ3) is 3.81. The van der Waals surface area contributed by atoms with E-state index in [1.807, 2.05) is 18.2 Å². The van der Waals surface area contributed by atoms with Crippen LogP contribution < -0.4 is 10.2 Å². The number of anilines is 2. The molecule has 0 radical (unpaired) electrons. The second-order valence-electron chi connectivity index (χ2n) is 7.04. The van der Waals surface area contributed by atoms with Crippen molar-refractivity contribution in [1.29, 1.82) is 0 Å². The average Bonchev–Trinajstić information content (AvgIpc) is 3.04. The number of hydrogen-bond acceptors (Lipinski definition) is 4. The van der Waals surface area contributed by atoms with E-state index in [2.05, 4.69) is 5.32 Å². The minimum Gasteiger partial charge on any atom is -0.324 e. The third-order valence-corrected chi connectivity index (χ3v) is 5.06. The van der Waals surface area contributed by atoms with Gasteiger partial charge in [0.05, 0.1) is 22.4 Å². The van der Waals surface area contributed by atoms with Crippen molar-refractivity contribution in [2.45, 2.75) is 0 Å². The average molecular weight is 413 g/mol. The van der Waals surface area contributed by atoms with Crippen molar-refractivity contribution in [2.24, 2.45) is 0 Å². The highest BCUT2D eigenvalue weighted by Crippen LogP contribution is 2.23. The summed E-state index contributed by atoms with van der Waals surface area (Å²) in [5.41, 5.74) is 1.86. The molecule has 154 valence electrons. The van der Waals surface area contributed by atoms with Gasteiger partial charge in [-0.1, -0.05) is 42.5 Å². The second kappa shape index (κ2) is 8.23. The standard InChI is InChI=1S/C24H19N3O4/c1-26(16-9-3-2-4-10-16)22(29)19-13-7-8-14-20(19)25-21(28)15-27-23(30)17-11-5-6-12-18(17)24(27)31/h2-14H,15H2,1H3,(H,25,28). The molecule has 7 nitrogen and oxygen atoms in total. The summed E-state index contributed by atoms with van der Waals surface area (Å²) in [7, 11) is 1.65. The first kappa shape index (κ1) is 20.0. The summed E-state index contributed by atoms with van der Waals surface area (Å²) in [5.74, 6) is -1.90. The van der Waals surface area contributed by atoms with Gasteiger partial charge in [-0.3, -0.25) is 24.1 Å². The summed E-state index contributed by atoms with van der Waals surface area (Å²) >= 11 is 0. The number of amides is 4. The van der Waals surface area contributed by atoms with Gasteiger partial charge in [0.15, 0.2) is 0 Å². The summed E-state index contributed by atoms with van der Waals surface area (Å²) in [6, 6.07) is 22.2. The van der Waals surface area contributed by atoms with Crippen molar-refractivity contribution >= 4 is 35.0 Å². The van der Waals surface area contributed by atoms with Gasteiger partial charge in [-0.05, 0) is 36.4 Å². The molecule has 0 aliphatic carbocycles. The zero-order valence-electron chi connectivity index (χ0n) is 16.7. The van der Waals surface area contributed by atoms with Crippen molar-refractivity contribution < 1.29 is 19.2 Å². The van der Waals surface area contributed by atoms with Crippen LogP contribution in [0.5, 0.6) is 0 Å². The molecule has 0 unspecified atom stereocenters. The zero-order valence-corrected chi connectivity index (χ0v) is 16.7. The fourth-order valence-electron chi connectivity index (χ4n) is 3.44. The van der Waals surface area contributed by atoms with Crippen LogP contribution >= 0.6 is 0 Å². The summed E-state index contributed by atoms with van der Waals surface area (Å²) in [4.78, 5) is 53.0. The predicted octanol–water partition coefficient (Wildman–Crippen LogP) is 3.20. The van der Waals surface area contributed by atoms with Crippen LogP contribution in [0.25, 0.3) is 0 Å². The number of carbonyl (C=O) groups excluding carboxylic acids is 4. The van der Waals surface area contributed by atoms with E-state index in [1.54, 1.807) is 67.7 Å². The van der Waals surface area contributed by atoms with Crippen molar-refractivity contribution in [1.82, 2.24) is 4.90 Å². The first-order valence-electron chi connectivity index (χ1n) is 9.64. The smallest absolute Gasteiger partial charge is 0.262 e. The molecule has 1 N–H and O–H groups in total. The van der Waals surface area contributed by atoms with Gasteiger partial charge in [-0.15, -0.1) is 0 Å². The first-order chi connectivity index (χ1) is 15.0. The molecule has 0 aromatic heterocycles. The van der Waals surface area contributed by atoms with E-state index >= 15 is 0 Å². The Balaban J connectivity index is 1.51. The van der Waals surface area contributed by atoms with Crippen molar-refractivity contribution in [3.8, 4) is 0 Å². The van der Waals surface area contributed by atoms with Gasteiger partial charge in [0, 0.05) is 12.7 Å². The molecule has 1 aliphatic heterocycles. The number of hydrogen-bond donors (Lipinski definition) is 1. The van der Waals surface area contributed by atoms with Crippen LogP contribution in [0.4, 0.5) is 11.4 Å². The van der Waals surface area contributed by atoms with Crippen LogP contribution in [0.2, 0.25) is 0 Å². The summed E-state index contributed by atoms with van der Waals surface area (Å²) in [5, 5.41) is 2.66. The molecule has 4 rings (SSSR count). The molecule has 0 fully saturated rings. The maximum absolute atomic E-state index is 13.0. The molecule has 0 saturated heterocycles. The van der Waals surface area contributed by atoms with E-state index < -0.39 is 24.3 Å². The van der Waals surface area contributed by atoms with Crippen LogP contribution in [-0.4, -0.2) is 42.1 Å². The van der Waals surface area contributed by atoms with E-state index in [9.17, 15) is 19.2 Å². The first-order valence-corrected chi connectivity index (χ1v) is 9.64. The Morgan fingerprint density at radius 1 is 0.806 bits per heavy atom. The molecule has 3 aromatic carbocycles. The summed E-state index contributed by atoms with van der Waals surface area (Å²) < 4.78 is 0. The minimum absolute atomic E-state index is 0.278. The molecule has 1 aliphatic rings. The Hall–Kier alpha value is -4.26. The Kier molecular flexibility index (Phi) is 5.32. The molecular formula is C24H19N3O4. The Morgan fingerprint density at radius 2 is 1.35 bits per heavy atom. The normalized spacial score (nSPS) is 12.5. The molecule has 1 heterocycles. The number of fused-ring (bicyclic) bond motifs is 1. The van der Waals surface area contributed by atoms with Gasteiger partial charge < -0.3 is 10.2 Å². The van der Waals surface area contributed by atoms with Gasteiger partial charge in [-0.25, -0.2) is 0 Å².